The highest BCUT2D eigenvalue weighted by molar-refractivity contribution is 6.00. The number of esters is 1. The van der Waals surface area contributed by atoms with Crippen LogP contribution < -0.4 is 9.47 Å². The molecule has 0 atom stereocenters. The number of nitrogens with zero attached hydrogens (tertiary/aromatic N) is 2. The van der Waals surface area contributed by atoms with Gasteiger partial charge in [0, 0.05) is 29.6 Å². The quantitative estimate of drug-likeness (QED) is 0.163. The molecule has 0 amide bonds. The summed E-state index contributed by atoms with van der Waals surface area (Å²) in [7, 11) is 0. The molecule has 0 radical (unpaired) electrons. The Kier molecular flexibility index (Phi) is 6.01. The van der Waals surface area contributed by atoms with Crippen LogP contribution in [0.15, 0.2) is 36.9 Å². The minimum absolute atomic E-state index is 0.0305. The summed E-state index contributed by atoms with van der Waals surface area (Å²) in [5.41, 5.74) is 2.05. The average molecular weight is 412 g/mol. The summed E-state index contributed by atoms with van der Waals surface area (Å²) >= 11 is 0. The Hall–Kier alpha value is -3.88. The van der Waals surface area contributed by atoms with Crippen LogP contribution in [0.3, 0.4) is 0 Å². The normalized spacial score (nSPS) is 12.2. The Morgan fingerprint density at radius 1 is 1.27 bits per heavy atom. The van der Waals surface area contributed by atoms with E-state index in [1.807, 2.05) is 18.4 Å². The molecule has 0 saturated heterocycles. The lowest BCUT2D eigenvalue weighted by Gasteiger charge is -2.06. The molecule has 0 bridgehead atoms. The molecule has 1 aliphatic heterocycles. The van der Waals surface area contributed by atoms with Crippen molar-refractivity contribution in [1.82, 2.24) is 4.57 Å². The third-order valence-corrected chi connectivity index (χ3v) is 4.65. The summed E-state index contributed by atoms with van der Waals surface area (Å²) in [6, 6.07) is 4.38. The van der Waals surface area contributed by atoms with Crippen molar-refractivity contribution in [2.24, 2.45) is 0 Å². The fourth-order valence-corrected chi connectivity index (χ4v) is 3.15. The van der Waals surface area contributed by atoms with Gasteiger partial charge in [0.05, 0.1) is 16.6 Å². The molecule has 30 heavy (non-hydrogen) atoms. The monoisotopic (exact) mass is 412 g/mol. The predicted octanol–water partition coefficient (Wildman–Crippen LogP) is 3.37. The standard InChI is InChI=1S/C21H20N2O7/c1-4-7-22-13(2)8-16(14(22)3)18(24)11-28-21(25)6-5-15-9-19-20(30-12-29-19)10-17(15)23(26)27/h4-6,8-10H,1,7,11-12H2,2-3H3/b6-5+. The van der Waals surface area contributed by atoms with Gasteiger partial charge in [-0.05, 0) is 32.1 Å². The molecule has 2 heterocycles. The lowest BCUT2D eigenvalue weighted by Crippen LogP contribution is -2.13. The first-order valence-electron chi connectivity index (χ1n) is 9.05. The zero-order chi connectivity index (χ0) is 21.8. The van der Waals surface area contributed by atoms with Gasteiger partial charge in [0.2, 0.25) is 12.6 Å². The molecule has 2 aromatic rings. The fourth-order valence-electron chi connectivity index (χ4n) is 3.15. The number of aryl methyl sites for hydroxylation is 1. The molecule has 9 nitrogen and oxygen atoms in total. The molecule has 1 aromatic heterocycles. The number of hydrogen-bond acceptors (Lipinski definition) is 7. The molecule has 0 fully saturated rings. The molecule has 9 heteroatoms. The van der Waals surface area contributed by atoms with E-state index in [2.05, 4.69) is 6.58 Å². The van der Waals surface area contributed by atoms with Gasteiger partial charge in [0.1, 0.15) is 0 Å². The van der Waals surface area contributed by atoms with E-state index in [0.29, 0.717) is 17.9 Å². The SMILES string of the molecule is C=CCn1c(C)cc(C(=O)COC(=O)/C=C/c2cc3c(cc2[N+](=O)[O-])OCO3)c1C. The van der Waals surface area contributed by atoms with Crippen molar-refractivity contribution in [3.63, 3.8) is 0 Å². The second kappa shape index (κ2) is 8.64. The van der Waals surface area contributed by atoms with Gasteiger partial charge in [0.15, 0.2) is 18.1 Å². The van der Waals surface area contributed by atoms with Crippen molar-refractivity contribution in [2.45, 2.75) is 20.4 Å². The number of nitro benzene ring substituents is 1. The fraction of sp³-hybridized carbons (Fsp3) is 0.238. The van der Waals surface area contributed by atoms with E-state index in [9.17, 15) is 19.7 Å². The van der Waals surface area contributed by atoms with E-state index >= 15 is 0 Å². The van der Waals surface area contributed by atoms with Crippen LogP contribution in [-0.2, 0) is 16.1 Å². The minimum Gasteiger partial charge on any atom is -0.454 e. The predicted molar refractivity (Wildman–Crippen MR) is 108 cm³/mol. The van der Waals surface area contributed by atoms with Crippen LogP contribution in [0.2, 0.25) is 0 Å². The first-order valence-corrected chi connectivity index (χ1v) is 9.05. The highest BCUT2D eigenvalue weighted by Crippen LogP contribution is 2.38. The van der Waals surface area contributed by atoms with Crippen molar-refractivity contribution in [1.29, 1.82) is 0 Å². The minimum atomic E-state index is -0.796. The lowest BCUT2D eigenvalue weighted by molar-refractivity contribution is -0.385. The topological polar surface area (TPSA) is 110 Å². The van der Waals surface area contributed by atoms with Crippen LogP contribution in [0.25, 0.3) is 6.08 Å². The Morgan fingerprint density at radius 3 is 2.63 bits per heavy atom. The van der Waals surface area contributed by atoms with E-state index in [-0.39, 0.29) is 29.6 Å². The smallest absolute Gasteiger partial charge is 0.331 e. The number of allylic oxidation sites excluding steroid dienone is 1. The van der Waals surface area contributed by atoms with E-state index in [1.54, 1.807) is 12.1 Å². The number of ether oxygens (including phenoxy) is 3. The number of carbonyl (C=O) groups is 2. The summed E-state index contributed by atoms with van der Waals surface area (Å²) in [5, 5.41) is 11.3. The van der Waals surface area contributed by atoms with Gasteiger partial charge < -0.3 is 18.8 Å². The number of fused-ring (bicyclic) bond motifs is 1. The summed E-state index contributed by atoms with van der Waals surface area (Å²) in [5.74, 6) is -0.524. The van der Waals surface area contributed by atoms with Crippen molar-refractivity contribution in [2.75, 3.05) is 13.4 Å². The van der Waals surface area contributed by atoms with Crippen LogP contribution >= 0.6 is 0 Å². The Labute approximate surface area is 172 Å². The van der Waals surface area contributed by atoms with E-state index in [0.717, 1.165) is 17.5 Å². The number of ketones is 1. The molecule has 0 N–H and O–H groups in total. The summed E-state index contributed by atoms with van der Waals surface area (Å²) < 4.78 is 17.3. The number of rotatable bonds is 8. The van der Waals surface area contributed by atoms with Crippen molar-refractivity contribution in [3.8, 4) is 11.5 Å². The first kappa shape index (κ1) is 20.8. The van der Waals surface area contributed by atoms with Crippen LogP contribution in [0.5, 0.6) is 11.5 Å². The molecule has 0 spiro atoms. The highest BCUT2D eigenvalue weighted by Gasteiger charge is 2.22. The summed E-state index contributed by atoms with van der Waals surface area (Å²) in [4.78, 5) is 35.1. The highest BCUT2D eigenvalue weighted by atomic mass is 16.7. The largest absolute Gasteiger partial charge is 0.454 e. The van der Waals surface area contributed by atoms with E-state index < -0.39 is 17.5 Å². The maximum absolute atomic E-state index is 12.4. The van der Waals surface area contributed by atoms with Crippen LogP contribution in [0.1, 0.15) is 27.3 Å². The molecule has 1 aliphatic rings. The average Bonchev–Trinajstić information content (AvgIpc) is 3.28. The van der Waals surface area contributed by atoms with Gasteiger partial charge in [-0.2, -0.15) is 0 Å². The number of carbonyl (C=O) groups excluding carboxylic acids is 2. The second-order valence-corrected chi connectivity index (χ2v) is 6.57. The van der Waals surface area contributed by atoms with Gasteiger partial charge in [-0.1, -0.05) is 6.08 Å². The van der Waals surface area contributed by atoms with Gasteiger partial charge in [0.25, 0.3) is 5.69 Å². The molecular formula is C21H20N2O7. The molecule has 0 saturated carbocycles. The van der Waals surface area contributed by atoms with Crippen molar-refractivity contribution < 1.29 is 28.7 Å². The third kappa shape index (κ3) is 4.24. The molecule has 0 unspecified atom stereocenters. The van der Waals surface area contributed by atoms with Crippen LogP contribution in [0, 0.1) is 24.0 Å². The molecule has 156 valence electrons. The van der Waals surface area contributed by atoms with Crippen molar-refractivity contribution in [3.05, 3.63) is 69.6 Å². The zero-order valence-corrected chi connectivity index (χ0v) is 16.5. The zero-order valence-electron chi connectivity index (χ0n) is 16.5. The number of benzene rings is 1. The van der Waals surface area contributed by atoms with Gasteiger partial charge >= 0.3 is 5.97 Å². The van der Waals surface area contributed by atoms with E-state index in [4.69, 9.17) is 14.2 Å². The number of nitro groups is 1. The first-order chi connectivity index (χ1) is 14.3. The van der Waals surface area contributed by atoms with Gasteiger partial charge in [-0.15, -0.1) is 6.58 Å². The maximum Gasteiger partial charge on any atom is 0.331 e. The van der Waals surface area contributed by atoms with Gasteiger partial charge in [-0.3, -0.25) is 14.9 Å². The van der Waals surface area contributed by atoms with E-state index in [1.165, 1.54) is 18.2 Å². The molecule has 1 aromatic carbocycles. The van der Waals surface area contributed by atoms with Crippen LogP contribution in [-0.4, -0.2) is 34.6 Å². The number of hydrogen-bond donors (Lipinski definition) is 0. The summed E-state index contributed by atoms with van der Waals surface area (Å²) in [6.07, 6.45) is 4.00. The lowest BCUT2D eigenvalue weighted by atomic mass is 10.1. The number of aromatic nitrogens is 1. The third-order valence-electron chi connectivity index (χ3n) is 4.65. The maximum atomic E-state index is 12.4. The molecular weight excluding hydrogens is 392 g/mol. The van der Waals surface area contributed by atoms with Crippen LogP contribution in [0.4, 0.5) is 5.69 Å². The van der Waals surface area contributed by atoms with Gasteiger partial charge in [-0.25, -0.2) is 4.79 Å². The molecule has 0 aliphatic carbocycles. The summed E-state index contributed by atoms with van der Waals surface area (Å²) in [6.45, 7) is 7.48. The Balaban J connectivity index is 1.67. The second-order valence-electron chi connectivity index (χ2n) is 6.57. The Bertz CT molecular complexity index is 1070. The number of Topliss-reactive ketones (excluding diaryl/α,β-unsaturated/α-hetero) is 1. The molecule has 3 rings (SSSR count). The Morgan fingerprint density at radius 2 is 1.97 bits per heavy atom. The van der Waals surface area contributed by atoms with Crippen molar-refractivity contribution >= 4 is 23.5 Å².